The topological polar surface area (TPSA) is 72.8 Å². The third-order valence-electron chi connectivity index (χ3n) is 7.95. The highest BCUT2D eigenvalue weighted by Crippen LogP contribution is 2.76. The molecule has 0 radical (unpaired) electrons. The molecule has 134 valence electrons. The Morgan fingerprint density at radius 3 is 2.92 bits per heavy atom. The summed E-state index contributed by atoms with van der Waals surface area (Å²) in [6, 6.07) is 0. The van der Waals surface area contributed by atoms with E-state index in [1.807, 2.05) is 13.0 Å². The summed E-state index contributed by atoms with van der Waals surface area (Å²) in [4.78, 5) is 25.7. The van der Waals surface area contributed by atoms with Crippen LogP contribution in [0.1, 0.15) is 39.0 Å². The number of carbonyl (C=O) groups is 2. The van der Waals surface area contributed by atoms with E-state index in [1.165, 1.54) is 7.11 Å². The maximum Gasteiger partial charge on any atom is 0.313 e. The van der Waals surface area contributed by atoms with Crippen LogP contribution in [-0.4, -0.2) is 35.9 Å². The lowest BCUT2D eigenvalue weighted by molar-refractivity contribution is -0.154. The van der Waals surface area contributed by atoms with E-state index in [4.69, 9.17) is 9.47 Å². The summed E-state index contributed by atoms with van der Waals surface area (Å²) in [6.07, 6.45) is 4.99. The molecule has 5 nitrogen and oxygen atoms in total. The highest BCUT2D eigenvalue weighted by molar-refractivity contribution is 5.87. The summed E-state index contributed by atoms with van der Waals surface area (Å²) in [5.41, 5.74) is 0.147. The van der Waals surface area contributed by atoms with Crippen LogP contribution in [-0.2, 0) is 19.1 Å². The van der Waals surface area contributed by atoms with E-state index in [1.54, 1.807) is 0 Å². The van der Waals surface area contributed by atoms with E-state index < -0.39 is 28.5 Å². The van der Waals surface area contributed by atoms with Crippen LogP contribution in [0.2, 0.25) is 0 Å². The van der Waals surface area contributed by atoms with Crippen molar-refractivity contribution in [2.45, 2.75) is 50.7 Å². The lowest BCUT2D eigenvalue weighted by atomic mass is 9.60. The SMILES string of the molecule is C=C1C[C@]23C[C@H]1[C@H](O)C=C2[C@@]12CCC[C@@](C)(C(=O)O1)[C@H]2[C@@H]3C(=O)OC. The zero-order valence-electron chi connectivity index (χ0n) is 14.7. The minimum Gasteiger partial charge on any atom is -0.469 e. The monoisotopic (exact) mass is 344 g/mol. The average molecular weight is 344 g/mol. The molecule has 0 amide bonds. The number of hydrogen-bond donors (Lipinski definition) is 1. The van der Waals surface area contributed by atoms with Gasteiger partial charge in [0.2, 0.25) is 0 Å². The Morgan fingerprint density at radius 1 is 1.44 bits per heavy atom. The standard InChI is InChI=1S/C20H24O5/c1-10-8-19-9-11(10)12(21)7-13(19)20-6-4-5-18(2,17(23)25-20)15(20)14(19)16(22)24-3/h7,11-12,14-15,21H,1,4-6,8-9H2,2-3H3/t11-,12-,14-,15-,18-,19+,20-/m1/s1. The van der Waals surface area contributed by atoms with Crippen LogP contribution in [0.25, 0.3) is 0 Å². The molecule has 1 N–H and O–H groups in total. The average Bonchev–Trinajstić information content (AvgIpc) is 3.03. The molecule has 1 saturated heterocycles. The molecular weight excluding hydrogens is 320 g/mol. The van der Waals surface area contributed by atoms with Crippen molar-refractivity contribution in [1.82, 2.24) is 0 Å². The third kappa shape index (κ3) is 1.48. The molecule has 5 aliphatic rings. The number of aliphatic hydroxyl groups excluding tert-OH is 1. The van der Waals surface area contributed by atoms with Crippen LogP contribution < -0.4 is 0 Å². The highest BCUT2D eigenvalue weighted by Gasteiger charge is 2.80. The number of esters is 2. The first-order chi connectivity index (χ1) is 11.8. The van der Waals surface area contributed by atoms with Gasteiger partial charge in [0.25, 0.3) is 0 Å². The Morgan fingerprint density at radius 2 is 2.20 bits per heavy atom. The van der Waals surface area contributed by atoms with Crippen molar-refractivity contribution in [2.75, 3.05) is 7.11 Å². The van der Waals surface area contributed by atoms with Crippen molar-refractivity contribution in [1.29, 1.82) is 0 Å². The minimum atomic E-state index is -0.750. The van der Waals surface area contributed by atoms with Crippen molar-refractivity contribution in [3.05, 3.63) is 23.8 Å². The predicted molar refractivity (Wildman–Crippen MR) is 88.2 cm³/mol. The molecule has 0 unspecified atom stereocenters. The van der Waals surface area contributed by atoms with E-state index in [-0.39, 0.29) is 23.8 Å². The summed E-state index contributed by atoms with van der Waals surface area (Å²) in [7, 11) is 1.42. The van der Waals surface area contributed by atoms with Gasteiger partial charge in [-0.1, -0.05) is 18.2 Å². The predicted octanol–water partition coefficient (Wildman–Crippen LogP) is 2.14. The molecule has 25 heavy (non-hydrogen) atoms. The maximum atomic E-state index is 13.0. The lowest BCUT2D eigenvalue weighted by Gasteiger charge is -2.39. The number of rotatable bonds is 1. The van der Waals surface area contributed by atoms with Gasteiger partial charge in [0.1, 0.15) is 5.60 Å². The zero-order chi connectivity index (χ0) is 17.8. The Balaban J connectivity index is 1.80. The highest BCUT2D eigenvalue weighted by atomic mass is 16.6. The zero-order valence-corrected chi connectivity index (χ0v) is 14.7. The second-order valence-corrected chi connectivity index (χ2v) is 8.90. The van der Waals surface area contributed by atoms with Crippen molar-refractivity contribution < 1.29 is 24.2 Å². The molecule has 1 spiro atoms. The summed E-state index contributed by atoms with van der Waals surface area (Å²) >= 11 is 0. The Labute approximate surface area is 147 Å². The second kappa shape index (κ2) is 4.37. The van der Waals surface area contributed by atoms with Gasteiger partial charge < -0.3 is 14.6 Å². The number of hydrogen-bond acceptors (Lipinski definition) is 5. The minimum absolute atomic E-state index is 0.0190. The van der Waals surface area contributed by atoms with E-state index in [0.29, 0.717) is 12.8 Å². The largest absolute Gasteiger partial charge is 0.469 e. The molecule has 0 aromatic rings. The molecular formula is C20H24O5. The molecule has 4 aliphatic carbocycles. The molecule has 0 aromatic carbocycles. The number of fused-ring (bicyclic) bond motifs is 1. The second-order valence-electron chi connectivity index (χ2n) is 8.90. The summed E-state index contributed by atoms with van der Waals surface area (Å²) in [6.45, 7) is 6.13. The summed E-state index contributed by atoms with van der Waals surface area (Å²) in [5, 5.41) is 10.6. The van der Waals surface area contributed by atoms with Gasteiger partial charge >= 0.3 is 11.9 Å². The number of ether oxygens (including phenoxy) is 2. The van der Waals surface area contributed by atoms with Crippen molar-refractivity contribution in [3.8, 4) is 0 Å². The molecule has 0 aromatic heterocycles. The quantitative estimate of drug-likeness (QED) is 0.583. The number of methoxy groups -OCH3 is 1. The van der Waals surface area contributed by atoms with Gasteiger partial charge in [-0.3, -0.25) is 9.59 Å². The van der Waals surface area contributed by atoms with Gasteiger partial charge in [0, 0.05) is 17.3 Å². The van der Waals surface area contributed by atoms with Crippen LogP contribution in [0.3, 0.4) is 0 Å². The van der Waals surface area contributed by atoms with Crippen LogP contribution in [0, 0.1) is 28.6 Å². The van der Waals surface area contributed by atoms with Crippen molar-refractivity contribution >= 4 is 11.9 Å². The van der Waals surface area contributed by atoms with Gasteiger partial charge in [-0.2, -0.15) is 0 Å². The van der Waals surface area contributed by atoms with E-state index >= 15 is 0 Å². The molecule has 7 atom stereocenters. The maximum absolute atomic E-state index is 13.0. The van der Waals surface area contributed by atoms with Gasteiger partial charge in [-0.15, -0.1) is 0 Å². The normalized spacial score (nSPS) is 52.4. The van der Waals surface area contributed by atoms with Gasteiger partial charge in [-0.25, -0.2) is 0 Å². The number of aliphatic hydroxyl groups is 1. The Hall–Kier alpha value is -1.62. The molecule has 5 rings (SSSR count). The molecule has 1 heterocycles. The first-order valence-electron chi connectivity index (χ1n) is 9.20. The van der Waals surface area contributed by atoms with Crippen molar-refractivity contribution in [3.63, 3.8) is 0 Å². The van der Waals surface area contributed by atoms with Crippen LogP contribution in [0.4, 0.5) is 0 Å². The molecule has 1 aliphatic heterocycles. The lowest BCUT2D eigenvalue weighted by Crippen LogP contribution is -2.46. The molecule has 4 bridgehead atoms. The molecule has 3 saturated carbocycles. The fourth-order valence-corrected chi connectivity index (χ4v) is 7.10. The smallest absolute Gasteiger partial charge is 0.313 e. The van der Waals surface area contributed by atoms with Crippen molar-refractivity contribution in [2.24, 2.45) is 28.6 Å². The third-order valence-corrected chi connectivity index (χ3v) is 7.95. The fraction of sp³-hybridized carbons (Fsp3) is 0.700. The first kappa shape index (κ1) is 15.6. The molecule has 5 heteroatoms. The van der Waals surface area contributed by atoms with E-state index in [2.05, 4.69) is 6.58 Å². The Bertz CT molecular complexity index is 753. The van der Waals surface area contributed by atoms with E-state index in [0.717, 1.165) is 30.4 Å². The fourth-order valence-electron chi connectivity index (χ4n) is 7.10. The van der Waals surface area contributed by atoms with Crippen LogP contribution >= 0.6 is 0 Å². The molecule has 4 fully saturated rings. The van der Waals surface area contributed by atoms with Crippen LogP contribution in [0.5, 0.6) is 0 Å². The van der Waals surface area contributed by atoms with Gasteiger partial charge in [0.15, 0.2) is 0 Å². The Kier molecular flexibility index (Phi) is 2.73. The first-order valence-corrected chi connectivity index (χ1v) is 9.20. The van der Waals surface area contributed by atoms with E-state index in [9.17, 15) is 14.7 Å². The van der Waals surface area contributed by atoms with Gasteiger partial charge in [0.05, 0.1) is 24.5 Å². The van der Waals surface area contributed by atoms with Crippen LogP contribution in [0.15, 0.2) is 23.8 Å². The number of carbonyl (C=O) groups excluding carboxylic acids is 2. The summed E-state index contributed by atoms with van der Waals surface area (Å²) in [5.74, 6) is -1.09. The van der Waals surface area contributed by atoms with Gasteiger partial charge in [-0.05, 0) is 44.6 Å². The summed E-state index contributed by atoms with van der Waals surface area (Å²) < 4.78 is 11.3.